The third-order valence-corrected chi connectivity index (χ3v) is 6.09. The first-order valence-corrected chi connectivity index (χ1v) is 15.2. The first-order valence-electron chi connectivity index (χ1n) is 11.7. The predicted octanol–water partition coefficient (Wildman–Crippen LogP) is 3.91. The van der Waals surface area contributed by atoms with Crippen LogP contribution in [0.1, 0.15) is 34.6 Å². The van der Waals surface area contributed by atoms with Gasteiger partial charge in [-0.25, -0.2) is 18.0 Å². The molecule has 2 rings (SSSR count). The van der Waals surface area contributed by atoms with Crippen molar-refractivity contribution < 1.29 is 46.4 Å². The maximum Gasteiger partial charge on any atom is 0.338 e. The lowest BCUT2D eigenvalue weighted by Gasteiger charge is -2.11. The summed E-state index contributed by atoms with van der Waals surface area (Å²) in [6.45, 7) is 4.76. The number of carbonyl (C=O) groups is 2. The van der Waals surface area contributed by atoms with E-state index < -0.39 is 15.8 Å². The van der Waals surface area contributed by atoms with E-state index in [4.69, 9.17) is 28.4 Å². The number of thioether (sulfide) groups is 1. The molecule has 2 aromatic carbocycles. The Bertz CT molecular complexity index is 1130. The summed E-state index contributed by atoms with van der Waals surface area (Å²) < 4.78 is 53.1. The molecule has 0 radical (unpaired) electrons. The van der Waals surface area contributed by atoms with Gasteiger partial charge in [0.05, 0.1) is 50.9 Å². The molecular weight excluding hydrogens is 536 g/mol. The fourth-order valence-electron chi connectivity index (χ4n) is 2.79. The van der Waals surface area contributed by atoms with Gasteiger partial charge in [-0.05, 0) is 56.5 Å². The zero-order valence-corrected chi connectivity index (χ0v) is 24.2. The van der Waals surface area contributed by atoms with Gasteiger partial charge in [0.2, 0.25) is 0 Å². The molecule has 0 atom stereocenters. The Balaban J connectivity index is 0.000000382. The molecule has 12 heteroatoms. The number of carbonyl (C=O) groups excluding carboxylic acids is 2. The first kappa shape index (κ1) is 32.9. The summed E-state index contributed by atoms with van der Waals surface area (Å²) in [6, 6.07) is 9.62. The second-order valence-corrected chi connectivity index (χ2v) is 10.7. The van der Waals surface area contributed by atoms with Crippen molar-refractivity contribution in [3.8, 4) is 23.0 Å². The minimum atomic E-state index is -3.08. The molecule has 0 fully saturated rings. The molecule has 0 aliphatic carbocycles. The quantitative estimate of drug-likeness (QED) is 0.242. The zero-order chi connectivity index (χ0) is 28.6. The van der Waals surface area contributed by atoms with Crippen LogP contribution in [-0.4, -0.2) is 85.0 Å². The zero-order valence-electron chi connectivity index (χ0n) is 22.6. The maximum atomic E-state index is 11.6. The topological polar surface area (TPSA) is 124 Å². The lowest BCUT2D eigenvalue weighted by atomic mass is 10.2. The van der Waals surface area contributed by atoms with Crippen molar-refractivity contribution in [3.05, 3.63) is 47.5 Å². The highest BCUT2D eigenvalue weighted by Crippen LogP contribution is 2.29. The highest BCUT2D eigenvalue weighted by Gasteiger charge is 2.13. The van der Waals surface area contributed by atoms with Crippen LogP contribution in [0.3, 0.4) is 0 Å². The number of hydrogen-bond donors (Lipinski definition) is 0. The van der Waals surface area contributed by atoms with E-state index in [0.29, 0.717) is 47.3 Å². The van der Waals surface area contributed by atoms with Gasteiger partial charge in [-0.2, -0.15) is 11.8 Å². The molecule has 0 spiro atoms. The van der Waals surface area contributed by atoms with E-state index in [2.05, 4.69) is 0 Å². The van der Waals surface area contributed by atoms with Gasteiger partial charge in [-0.3, -0.25) is 0 Å². The Morgan fingerprint density at radius 2 is 1.21 bits per heavy atom. The van der Waals surface area contributed by atoms with Gasteiger partial charge in [0.15, 0.2) is 32.8 Å². The summed E-state index contributed by atoms with van der Waals surface area (Å²) in [5.41, 5.74) is 0.810. The van der Waals surface area contributed by atoms with Crippen molar-refractivity contribution in [2.75, 3.05) is 64.7 Å². The van der Waals surface area contributed by atoms with Crippen LogP contribution in [0, 0.1) is 0 Å². The number of rotatable bonds is 14. The number of methoxy groups -OCH3 is 2. The summed E-state index contributed by atoms with van der Waals surface area (Å²) in [6.07, 6.45) is 3.15. The van der Waals surface area contributed by atoms with Crippen molar-refractivity contribution in [1.29, 1.82) is 0 Å². The van der Waals surface area contributed by atoms with Gasteiger partial charge >= 0.3 is 11.9 Å². The standard InChI is InChI=1S/C13H18O6S.C13H18O4S/c1-4-18-13(14)10-5-6-11(12(9-10)17-2)19-7-8-20(3,15)16;1-4-16-13(14)10-5-6-11(12(9-10)15-2)17-7-8-18-3/h5-6,9H,4,7-8H2,1-3H3;5-6,9H,4,7-8H2,1-3H3. The third-order valence-electron chi connectivity index (χ3n) is 4.61. The summed E-state index contributed by atoms with van der Waals surface area (Å²) >= 11 is 1.71. The second-order valence-electron chi connectivity index (χ2n) is 7.49. The van der Waals surface area contributed by atoms with E-state index >= 15 is 0 Å². The summed E-state index contributed by atoms with van der Waals surface area (Å²) in [5.74, 6) is 1.92. The van der Waals surface area contributed by atoms with Crippen molar-refractivity contribution in [1.82, 2.24) is 0 Å². The normalized spacial score (nSPS) is 10.5. The monoisotopic (exact) mass is 572 g/mol. The van der Waals surface area contributed by atoms with E-state index in [9.17, 15) is 18.0 Å². The highest BCUT2D eigenvalue weighted by molar-refractivity contribution is 7.98. The van der Waals surface area contributed by atoms with Gasteiger partial charge < -0.3 is 28.4 Å². The van der Waals surface area contributed by atoms with Gasteiger partial charge in [0.25, 0.3) is 0 Å². The molecule has 38 heavy (non-hydrogen) atoms. The van der Waals surface area contributed by atoms with E-state index in [1.165, 1.54) is 19.2 Å². The number of ether oxygens (including phenoxy) is 6. The molecule has 0 heterocycles. The number of benzene rings is 2. The minimum absolute atomic E-state index is 0.0218. The number of sulfone groups is 1. The van der Waals surface area contributed by atoms with Gasteiger partial charge in [0, 0.05) is 12.0 Å². The van der Waals surface area contributed by atoms with Crippen molar-refractivity contribution >= 4 is 33.5 Å². The van der Waals surface area contributed by atoms with Crippen LogP contribution in [0.15, 0.2) is 36.4 Å². The molecule has 10 nitrogen and oxygen atoms in total. The molecule has 0 aliphatic rings. The van der Waals surface area contributed by atoms with Gasteiger partial charge in [-0.1, -0.05) is 0 Å². The molecule has 212 valence electrons. The van der Waals surface area contributed by atoms with Crippen molar-refractivity contribution in [3.63, 3.8) is 0 Å². The molecule has 0 aromatic heterocycles. The van der Waals surface area contributed by atoms with Crippen LogP contribution in [0.4, 0.5) is 0 Å². The Labute approximate surface area is 228 Å². The smallest absolute Gasteiger partial charge is 0.338 e. The molecular formula is C26H36O10S2. The van der Waals surface area contributed by atoms with E-state index in [0.717, 1.165) is 12.0 Å². The molecule has 0 N–H and O–H groups in total. The van der Waals surface area contributed by atoms with Gasteiger partial charge in [-0.15, -0.1) is 0 Å². The predicted molar refractivity (Wildman–Crippen MR) is 147 cm³/mol. The Morgan fingerprint density at radius 3 is 1.58 bits per heavy atom. The average Bonchev–Trinajstić information content (AvgIpc) is 2.89. The van der Waals surface area contributed by atoms with E-state index in [-0.39, 0.29) is 24.9 Å². The van der Waals surface area contributed by atoms with Crippen LogP contribution in [0.5, 0.6) is 23.0 Å². The van der Waals surface area contributed by atoms with E-state index in [1.54, 1.807) is 57.0 Å². The minimum Gasteiger partial charge on any atom is -0.493 e. The molecule has 0 aliphatic heterocycles. The molecule has 2 aromatic rings. The fraction of sp³-hybridized carbons (Fsp3) is 0.462. The summed E-state index contributed by atoms with van der Waals surface area (Å²) in [4.78, 5) is 23.1. The van der Waals surface area contributed by atoms with Crippen LogP contribution >= 0.6 is 11.8 Å². The summed E-state index contributed by atoms with van der Waals surface area (Å²) in [5, 5.41) is 0. The van der Waals surface area contributed by atoms with Crippen LogP contribution in [0.25, 0.3) is 0 Å². The molecule has 0 unspecified atom stereocenters. The van der Waals surface area contributed by atoms with Crippen molar-refractivity contribution in [2.45, 2.75) is 13.8 Å². The Kier molecular flexibility index (Phi) is 15.1. The Hall–Kier alpha value is -3.12. The third kappa shape index (κ3) is 12.0. The SMILES string of the molecule is CCOC(=O)c1ccc(OCCS(C)(=O)=O)c(OC)c1.CCOC(=O)c1ccc(OCCSC)c(OC)c1. The number of esters is 2. The largest absolute Gasteiger partial charge is 0.493 e. The molecule has 0 bridgehead atoms. The van der Waals surface area contributed by atoms with E-state index in [1.807, 2.05) is 6.26 Å². The van der Waals surface area contributed by atoms with Crippen LogP contribution in [0.2, 0.25) is 0 Å². The van der Waals surface area contributed by atoms with Gasteiger partial charge in [0.1, 0.15) is 6.61 Å². The maximum absolute atomic E-state index is 11.6. The summed E-state index contributed by atoms with van der Waals surface area (Å²) in [7, 11) is -0.0972. The molecule has 0 saturated carbocycles. The lowest BCUT2D eigenvalue weighted by Crippen LogP contribution is -2.12. The average molecular weight is 573 g/mol. The fourth-order valence-corrected chi connectivity index (χ4v) is 3.43. The van der Waals surface area contributed by atoms with Crippen LogP contribution in [-0.2, 0) is 19.3 Å². The lowest BCUT2D eigenvalue weighted by molar-refractivity contribution is 0.0516. The number of hydrogen-bond acceptors (Lipinski definition) is 11. The Morgan fingerprint density at radius 1 is 0.763 bits per heavy atom. The molecule has 0 saturated heterocycles. The second kappa shape index (κ2) is 17.4. The van der Waals surface area contributed by atoms with Crippen molar-refractivity contribution in [2.24, 2.45) is 0 Å². The molecule has 0 amide bonds. The first-order chi connectivity index (χ1) is 18.1. The van der Waals surface area contributed by atoms with Crippen LogP contribution < -0.4 is 18.9 Å². The highest BCUT2D eigenvalue weighted by atomic mass is 32.2.